The van der Waals surface area contributed by atoms with Crippen molar-refractivity contribution in [3.05, 3.63) is 17.7 Å². The summed E-state index contributed by atoms with van der Waals surface area (Å²) in [5.41, 5.74) is 0.923. The number of piperidine rings is 1. The van der Waals surface area contributed by atoms with Crippen molar-refractivity contribution in [3.8, 4) is 11.5 Å². The highest BCUT2D eigenvalue weighted by Gasteiger charge is 2.25. The summed E-state index contributed by atoms with van der Waals surface area (Å²) in [6.45, 7) is 3.92. The van der Waals surface area contributed by atoms with Crippen LogP contribution in [0.2, 0.25) is 0 Å². The summed E-state index contributed by atoms with van der Waals surface area (Å²) in [4.78, 5) is 26.3. The van der Waals surface area contributed by atoms with E-state index in [0.717, 1.165) is 38.9 Å². The van der Waals surface area contributed by atoms with E-state index in [9.17, 15) is 9.59 Å². The first-order valence-electron chi connectivity index (χ1n) is 8.97. The molecule has 0 radical (unpaired) electrons. The first-order chi connectivity index (χ1) is 12.5. The van der Waals surface area contributed by atoms with Gasteiger partial charge in [-0.05, 0) is 50.9 Å². The van der Waals surface area contributed by atoms with Gasteiger partial charge in [0.05, 0.1) is 19.9 Å². The summed E-state index contributed by atoms with van der Waals surface area (Å²) in [6, 6.07) is 3.32. The molecule has 0 bridgehead atoms. The fourth-order valence-corrected chi connectivity index (χ4v) is 3.33. The third-order valence-corrected chi connectivity index (χ3v) is 4.74. The van der Waals surface area contributed by atoms with E-state index in [0.29, 0.717) is 28.7 Å². The Morgan fingerprint density at radius 2 is 1.88 bits per heavy atom. The zero-order chi connectivity index (χ0) is 19.1. The highest BCUT2D eigenvalue weighted by molar-refractivity contribution is 5.99. The van der Waals surface area contributed by atoms with Gasteiger partial charge in [0.25, 0.3) is 5.91 Å². The minimum Gasteiger partial charge on any atom is -0.493 e. The molecule has 1 saturated heterocycles. The third-order valence-electron chi connectivity index (χ3n) is 4.74. The van der Waals surface area contributed by atoms with Crippen molar-refractivity contribution >= 4 is 17.5 Å². The van der Waals surface area contributed by atoms with E-state index in [1.54, 1.807) is 12.1 Å². The first kappa shape index (κ1) is 20.0. The summed E-state index contributed by atoms with van der Waals surface area (Å²) < 4.78 is 10.7. The maximum Gasteiger partial charge on any atom is 0.254 e. The van der Waals surface area contributed by atoms with Gasteiger partial charge in [-0.3, -0.25) is 9.59 Å². The summed E-state index contributed by atoms with van der Waals surface area (Å²) >= 11 is 0. The lowest BCUT2D eigenvalue weighted by molar-refractivity contribution is -0.114. The molecule has 7 heteroatoms. The monoisotopic (exact) mass is 363 g/mol. The summed E-state index contributed by atoms with van der Waals surface area (Å²) in [5.74, 6) is 1.20. The Morgan fingerprint density at radius 3 is 2.42 bits per heavy atom. The van der Waals surface area contributed by atoms with E-state index < -0.39 is 0 Å². The molecule has 0 atom stereocenters. The van der Waals surface area contributed by atoms with Crippen LogP contribution in [-0.4, -0.2) is 57.6 Å². The summed E-state index contributed by atoms with van der Waals surface area (Å²) in [7, 11) is 4.97. The topological polar surface area (TPSA) is 79.9 Å². The average Bonchev–Trinajstić information content (AvgIpc) is 2.65. The number of amides is 2. The number of carbonyl (C=O) groups is 2. The van der Waals surface area contributed by atoms with Gasteiger partial charge >= 0.3 is 0 Å². The van der Waals surface area contributed by atoms with E-state index in [-0.39, 0.29) is 11.8 Å². The number of hydrogen-bond donors (Lipinski definition) is 2. The van der Waals surface area contributed by atoms with Crippen molar-refractivity contribution in [2.75, 3.05) is 46.2 Å². The van der Waals surface area contributed by atoms with Crippen LogP contribution in [0.1, 0.15) is 36.5 Å². The van der Waals surface area contributed by atoms with Gasteiger partial charge in [-0.1, -0.05) is 0 Å². The largest absolute Gasteiger partial charge is 0.493 e. The molecule has 0 saturated carbocycles. The van der Waals surface area contributed by atoms with Gasteiger partial charge in [0, 0.05) is 25.6 Å². The Bertz CT molecular complexity index is 640. The summed E-state index contributed by atoms with van der Waals surface area (Å²) in [5, 5.41) is 5.89. The lowest BCUT2D eigenvalue weighted by atomic mass is 9.93. The van der Waals surface area contributed by atoms with Crippen molar-refractivity contribution in [3.63, 3.8) is 0 Å². The minimum absolute atomic E-state index is 0.0513. The molecule has 144 valence electrons. The zero-order valence-electron chi connectivity index (χ0n) is 16.1. The number of benzene rings is 1. The standard InChI is InChI=1S/C19H29N3O4/c1-13(23)21-16-11-15(12-17(25-3)18(16)26-4)19(24)22-9-6-14(7-10-22)5-8-20-2/h11-12,14,20H,5-10H2,1-4H3,(H,21,23). The maximum absolute atomic E-state index is 12.9. The first-order valence-corrected chi connectivity index (χ1v) is 8.97. The second-order valence-corrected chi connectivity index (χ2v) is 6.57. The third kappa shape index (κ3) is 4.88. The highest BCUT2D eigenvalue weighted by Crippen LogP contribution is 2.37. The predicted octanol–water partition coefficient (Wildman–Crippen LogP) is 2.12. The molecule has 0 spiro atoms. The predicted molar refractivity (Wildman–Crippen MR) is 101 cm³/mol. The summed E-state index contributed by atoms with van der Waals surface area (Å²) in [6.07, 6.45) is 3.17. The number of anilines is 1. The SMILES string of the molecule is CNCCC1CCN(C(=O)c2cc(NC(C)=O)c(OC)c(OC)c2)CC1. The van der Waals surface area contributed by atoms with Crippen molar-refractivity contribution < 1.29 is 19.1 Å². The van der Waals surface area contributed by atoms with Crippen LogP contribution in [0, 0.1) is 5.92 Å². The maximum atomic E-state index is 12.9. The Kier molecular flexibility index (Phi) is 7.26. The fourth-order valence-electron chi connectivity index (χ4n) is 3.33. The lowest BCUT2D eigenvalue weighted by Crippen LogP contribution is -2.39. The molecule has 1 aromatic rings. The van der Waals surface area contributed by atoms with Crippen molar-refractivity contribution in [2.24, 2.45) is 5.92 Å². The normalized spacial score (nSPS) is 14.8. The van der Waals surface area contributed by atoms with Crippen molar-refractivity contribution in [1.82, 2.24) is 10.2 Å². The van der Waals surface area contributed by atoms with E-state index in [4.69, 9.17) is 9.47 Å². The van der Waals surface area contributed by atoms with Crippen LogP contribution in [0.3, 0.4) is 0 Å². The van der Waals surface area contributed by atoms with Crippen LogP contribution in [0.4, 0.5) is 5.69 Å². The van der Waals surface area contributed by atoms with Crippen LogP contribution in [0.25, 0.3) is 0 Å². The quantitative estimate of drug-likeness (QED) is 0.776. The minimum atomic E-state index is -0.236. The van der Waals surface area contributed by atoms with Gasteiger partial charge in [0.15, 0.2) is 11.5 Å². The second kappa shape index (κ2) is 9.43. The van der Waals surface area contributed by atoms with Crippen LogP contribution in [0.15, 0.2) is 12.1 Å². The molecular weight excluding hydrogens is 334 g/mol. The Labute approximate surface area is 155 Å². The Morgan fingerprint density at radius 1 is 1.19 bits per heavy atom. The lowest BCUT2D eigenvalue weighted by Gasteiger charge is -2.32. The zero-order valence-corrected chi connectivity index (χ0v) is 16.1. The van der Waals surface area contributed by atoms with E-state index in [1.807, 2.05) is 11.9 Å². The number of nitrogens with one attached hydrogen (secondary N) is 2. The van der Waals surface area contributed by atoms with Gasteiger partial charge < -0.3 is 25.0 Å². The van der Waals surface area contributed by atoms with Gasteiger partial charge in [-0.25, -0.2) is 0 Å². The number of nitrogens with zero attached hydrogens (tertiary/aromatic N) is 1. The molecule has 26 heavy (non-hydrogen) atoms. The molecule has 1 heterocycles. The molecule has 2 N–H and O–H groups in total. The van der Waals surface area contributed by atoms with Crippen LogP contribution >= 0.6 is 0 Å². The van der Waals surface area contributed by atoms with Crippen LogP contribution < -0.4 is 20.1 Å². The van der Waals surface area contributed by atoms with E-state index in [2.05, 4.69) is 10.6 Å². The smallest absolute Gasteiger partial charge is 0.254 e. The molecule has 1 aromatic carbocycles. The fraction of sp³-hybridized carbons (Fsp3) is 0.579. The Hall–Kier alpha value is -2.28. The molecule has 1 fully saturated rings. The molecule has 0 aromatic heterocycles. The van der Waals surface area contributed by atoms with Crippen molar-refractivity contribution in [1.29, 1.82) is 0 Å². The molecule has 1 aliphatic rings. The number of ether oxygens (including phenoxy) is 2. The molecule has 2 rings (SSSR count). The number of hydrogen-bond acceptors (Lipinski definition) is 5. The van der Waals surface area contributed by atoms with Gasteiger partial charge in [0.2, 0.25) is 5.91 Å². The Balaban J connectivity index is 2.17. The second-order valence-electron chi connectivity index (χ2n) is 6.57. The van der Waals surface area contributed by atoms with Crippen LogP contribution in [-0.2, 0) is 4.79 Å². The van der Waals surface area contributed by atoms with Gasteiger partial charge in [-0.2, -0.15) is 0 Å². The van der Waals surface area contributed by atoms with Gasteiger partial charge in [0.1, 0.15) is 0 Å². The molecule has 1 aliphatic heterocycles. The molecule has 2 amide bonds. The number of carbonyl (C=O) groups excluding carboxylic acids is 2. The number of methoxy groups -OCH3 is 2. The molecule has 0 aliphatic carbocycles. The number of rotatable bonds is 7. The van der Waals surface area contributed by atoms with Crippen molar-refractivity contribution in [2.45, 2.75) is 26.2 Å². The van der Waals surface area contributed by atoms with E-state index >= 15 is 0 Å². The molecule has 0 unspecified atom stereocenters. The molecular formula is C19H29N3O4. The van der Waals surface area contributed by atoms with E-state index in [1.165, 1.54) is 21.1 Å². The van der Waals surface area contributed by atoms with Gasteiger partial charge in [-0.15, -0.1) is 0 Å². The van der Waals surface area contributed by atoms with Crippen LogP contribution in [0.5, 0.6) is 11.5 Å². The number of likely N-dealkylation sites (tertiary alicyclic amines) is 1. The molecule has 7 nitrogen and oxygen atoms in total. The average molecular weight is 363 g/mol. The highest BCUT2D eigenvalue weighted by atomic mass is 16.5.